The molecular formula is C15H18N2O4. The first-order valence-corrected chi connectivity index (χ1v) is 7.07. The zero-order valence-electron chi connectivity index (χ0n) is 11.9. The number of carboxylic acids is 1. The third-order valence-electron chi connectivity index (χ3n) is 4.01. The van der Waals surface area contributed by atoms with Crippen molar-refractivity contribution in [3.8, 4) is 0 Å². The number of morpholine rings is 1. The molecule has 1 saturated heterocycles. The number of urea groups is 1. The van der Waals surface area contributed by atoms with Gasteiger partial charge in [-0.15, -0.1) is 0 Å². The van der Waals surface area contributed by atoms with Gasteiger partial charge in [0.05, 0.1) is 12.7 Å². The number of hydrogen-bond donors (Lipinski definition) is 1. The number of para-hydroxylation sites is 1. The molecule has 0 bridgehead atoms. The molecule has 1 aromatic rings. The van der Waals surface area contributed by atoms with Gasteiger partial charge in [-0.25, -0.2) is 4.79 Å². The minimum Gasteiger partial charge on any atom is -0.481 e. The van der Waals surface area contributed by atoms with Crippen LogP contribution in [-0.4, -0.2) is 54.4 Å². The number of aliphatic carboxylic acids is 1. The maximum absolute atomic E-state index is 12.7. The third kappa shape index (κ3) is 2.47. The van der Waals surface area contributed by atoms with Gasteiger partial charge in [0.25, 0.3) is 0 Å². The summed E-state index contributed by atoms with van der Waals surface area (Å²) >= 11 is 0. The first kappa shape index (κ1) is 13.9. The normalized spacial score (nSPS) is 24.8. The highest BCUT2D eigenvalue weighted by Gasteiger charge is 2.38. The van der Waals surface area contributed by atoms with E-state index in [0.717, 1.165) is 0 Å². The topological polar surface area (TPSA) is 70.1 Å². The Balaban J connectivity index is 1.86. The highest BCUT2D eigenvalue weighted by Crippen LogP contribution is 2.36. The van der Waals surface area contributed by atoms with E-state index in [1.807, 2.05) is 13.0 Å². The van der Waals surface area contributed by atoms with E-state index in [1.54, 1.807) is 28.0 Å². The first-order valence-electron chi connectivity index (χ1n) is 7.07. The summed E-state index contributed by atoms with van der Waals surface area (Å²) in [5.74, 6) is -1.54. The maximum Gasteiger partial charge on any atom is 0.324 e. The Bertz CT molecular complexity index is 575. The number of hydrogen-bond acceptors (Lipinski definition) is 3. The van der Waals surface area contributed by atoms with Gasteiger partial charge in [-0.05, 0) is 18.6 Å². The van der Waals surface area contributed by atoms with Gasteiger partial charge in [0.2, 0.25) is 0 Å². The number of benzene rings is 1. The molecule has 3 rings (SSSR count). The molecule has 2 heterocycles. The minimum atomic E-state index is -0.895. The SMILES string of the molecule is CC1CN(C(=O)N2CC(C(=O)O)c3ccccc32)CCO1. The van der Waals surface area contributed by atoms with Crippen LogP contribution in [0.2, 0.25) is 0 Å². The van der Waals surface area contributed by atoms with Crippen LogP contribution >= 0.6 is 0 Å². The van der Waals surface area contributed by atoms with E-state index in [1.165, 1.54) is 0 Å². The quantitative estimate of drug-likeness (QED) is 0.851. The molecule has 112 valence electrons. The number of amides is 2. The average molecular weight is 290 g/mol. The van der Waals surface area contributed by atoms with Crippen molar-refractivity contribution < 1.29 is 19.4 Å². The zero-order valence-corrected chi connectivity index (χ0v) is 11.9. The molecule has 0 radical (unpaired) electrons. The Labute approximate surface area is 122 Å². The Hall–Kier alpha value is -2.08. The van der Waals surface area contributed by atoms with Crippen molar-refractivity contribution in [2.45, 2.75) is 18.9 Å². The zero-order chi connectivity index (χ0) is 15.0. The lowest BCUT2D eigenvalue weighted by Crippen LogP contribution is -2.50. The Morgan fingerprint density at radius 3 is 2.76 bits per heavy atom. The number of fused-ring (bicyclic) bond motifs is 1. The molecule has 2 amide bonds. The Kier molecular flexibility index (Phi) is 3.55. The molecule has 21 heavy (non-hydrogen) atoms. The lowest BCUT2D eigenvalue weighted by Gasteiger charge is -2.34. The summed E-state index contributed by atoms with van der Waals surface area (Å²) < 4.78 is 5.44. The van der Waals surface area contributed by atoms with Gasteiger partial charge in [-0.1, -0.05) is 18.2 Å². The molecule has 2 aliphatic rings. The lowest BCUT2D eigenvalue weighted by atomic mass is 10.0. The van der Waals surface area contributed by atoms with Gasteiger partial charge in [-0.2, -0.15) is 0 Å². The van der Waals surface area contributed by atoms with E-state index < -0.39 is 11.9 Å². The number of anilines is 1. The Morgan fingerprint density at radius 2 is 2.05 bits per heavy atom. The van der Waals surface area contributed by atoms with Crippen molar-refractivity contribution in [2.75, 3.05) is 31.1 Å². The second kappa shape index (κ2) is 5.37. The molecule has 1 aromatic carbocycles. The molecule has 6 heteroatoms. The van der Waals surface area contributed by atoms with Crippen LogP contribution < -0.4 is 4.90 Å². The van der Waals surface area contributed by atoms with Gasteiger partial charge < -0.3 is 14.7 Å². The molecule has 2 unspecified atom stereocenters. The maximum atomic E-state index is 12.7. The monoisotopic (exact) mass is 290 g/mol. The fourth-order valence-corrected chi connectivity index (χ4v) is 2.96. The van der Waals surface area contributed by atoms with E-state index in [0.29, 0.717) is 30.9 Å². The van der Waals surface area contributed by atoms with Gasteiger partial charge >= 0.3 is 12.0 Å². The van der Waals surface area contributed by atoms with Crippen LogP contribution in [0.4, 0.5) is 10.5 Å². The third-order valence-corrected chi connectivity index (χ3v) is 4.01. The molecule has 0 spiro atoms. The van der Waals surface area contributed by atoms with Gasteiger partial charge in [0.15, 0.2) is 0 Å². The Morgan fingerprint density at radius 1 is 1.29 bits per heavy atom. The number of ether oxygens (including phenoxy) is 1. The van der Waals surface area contributed by atoms with Crippen LogP contribution in [0.1, 0.15) is 18.4 Å². The summed E-state index contributed by atoms with van der Waals surface area (Å²) in [6.07, 6.45) is 0.0100. The molecule has 6 nitrogen and oxygen atoms in total. The summed E-state index contributed by atoms with van der Waals surface area (Å²) in [4.78, 5) is 27.4. The highest BCUT2D eigenvalue weighted by molar-refractivity contribution is 5.98. The number of carbonyl (C=O) groups is 2. The largest absolute Gasteiger partial charge is 0.481 e. The second-order valence-corrected chi connectivity index (χ2v) is 5.47. The fourth-order valence-electron chi connectivity index (χ4n) is 2.96. The number of carbonyl (C=O) groups excluding carboxylic acids is 1. The van der Waals surface area contributed by atoms with Crippen molar-refractivity contribution in [2.24, 2.45) is 0 Å². The summed E-state index contributed by atoms with van der Waals surface area (Å²) in [5, 5.41) is 9.34. The number of carboxylic acid groups (broad SMARTS) is 1. The average Bonchev–Trinajstić information content (AvgIpc) is 2.86. The van der Waals surface area contributed by atoms with Crippen LogP contribution in [-0.2, 0) is 9.53 Å². The van der Waals surface area contributed by atoms with E-state index in [4.69, 9.17) is 4.74 Å². The van der Waals surface area contributed by atoms with E-state index in [-0.39, 0.29) is 18.7 Å². The number of rotatable bonds is 1. The number of nitrogens with zero attached hydrogens (tertiary/aromatic N) is 2. The summed E-state index contributed by atoms with van der Waals surface area (Å²) in [6, 6.07) is 7.08. The summed E-state index contributed by atoms with van der Waals surface area (Å²) in [7, 11) is 0. The van der Waals surface area contributed by atoms with Gasteiger partial charge in [-0.3, -0.25) is 9.69 Å². The molecule has 2 aliphatic heterocycles. The van der Waals surface area contributed by atoms with Crippen LogP contribution in [0.25, 0.3) is 0 Å². The van der Waals surface area contributed by atoms with Crippen molar-refractivity contribution in [1.82, 2.24) is 4.90 Å². The minimum absolute atomic E-state index is 0.0100. The van der Waals surface area contributed by atoms with Crippen LogP contribution in [0, 0.1) is 0 Å². The predicted octanol–water partition coefficient (Wildman–Crippen LogP) is 1.52. The summed E-state index contributed by atoms with van der Waals surface area (Å²) in [6.45, 7) is 3.72. The van der Waals surface area contributed by atoms with Crippen molar-refractivity contribution >= 4 is 17.7 Å². The highest BCUT2D eigenvalue weighted by atomic mass is 16.5. The van der Waals surface area contributed by atoms with Crippen molar-refractivity contribution in [3.63, 3.8) is 0 Å². The smallest absolute Gasteiger partial charge is 0.324 e. The lowest BCUT2D eigenvalue weighted by molar-refractivity contribution is -0.138. The molecular weight excluding hydrogens is 272 g/mol. The van der Waals surface area contributed by atoms with Gasteiger partial charge in [0, 0.05) is 25.3 Å². The van der Waals surface area contributed by atoms with Crippen molar-refractivity contribution in [3.05, 3.63) is 29.8 Å². The first-order chi connectivity index (χ1) is 10.1. The molecule has 1 fully saturated rings. The standard InChI is InChI=1S/C15H18N2O4/c1-10-8-16(6-7-21-10)15(20)17-9-12(14(18)19)11-4-2-3-5-13(11)17/h2-5,10,12H,6-9H2,1H3,(H,18,19). The van der Waals surface area contributed by atoms with Crippen LogP contribution in [0.15, 0.2) is 24.3 Å². The molecule has 0 aromatic heterocycles. The summed E-state index contributed by atoms with van der Waals surface area (Å²) in [5.41, 5.74) is 1.41. The van der Waals surface area contributed by atoms with E-state index in [9.17, 15) is 14.7 Å². The van der Waals surface area contributed by atoms with Crippen LogP contribution in [0.5, 0.6) is 0 Å². The van der Waals surface area contributed by atoms with Crippen LogP contribution in [0.3, 0.4) is 0 Å². The fraction of sp³-hybridized carbons (Fsp3) is 0.467. The second-order valence-electron chi connectivity index (χ2n) is 5.47. The van der Waals surface area contributed by atoms with E-state index in [2.05, 4.69) is 0 Å². The molecule has 0 saturated carbocycles. The van der Waals surface area contributed by atoms with Crippen molar-refractivity contribution in [1.29, 1.82) is 0 Å². The molecule has 2 atom stereocenters. The van der Waals surface area contributed by atoms with E-state index >= 15 is 0 Å². The molecule has 1 N–H and O–H groups in total. The van der Waals surface area contributed by atoms with Gasteiger partial charge in [0.1, 0.15) is 5.92 Å². The predicted molar refractivity (Wildman–Crippen MR) is 76.5 cm³/mol. The molecule has 0 aliphatic carbocycles.